The summed E-state index contributed by atoms with van der Waals surface area (Å²) in [5.74, 6) is 0.464. The molecule has 0 amide bonds. The third-order valence-electron chi connectivity index (χ3n) is 5.02. The van der Waals surface area contributed by atoms with E-state index in [-0.39, 0.29) is 5.88 Å². The number of nitrogens with one attached hydrogen (secondary N) is 2. The summed E-state index contributed by atoms with van der Waals surface area (Å²) >= 11 is 7.83. The molecule has 0 spiro atoms. The molecule has 9 heteroatoms. The Balaban J connectivity index is 1.64. The van der Waals surface area contributed by atoms with Crippen LogP contribution in [-0.2, 0) is 12.8 Å². The van der Waals surface area contributed by atoms with E-state index >= 15 is 0 Å². The predicted molar refractivity (Wildman–Crippen MR) is 126 cm³/mol. The molecule has 0 unspecified atom stereocenters. The molecule has 0 saturated heterocycles. The fourth-order valence-corrected chi connectivity index (χ4v) is 4.55. The standard InChI is InChI=1S/C23H21ClF2N4OS/c1-3-17-15(11-19(25)26)22(31-2)29-23(28-17)30-32-18-12-27-21-14(18)9-10-16(24)20(21)13-7-5-4-6-8-13/h4-10,12,19,27H,3,11H2,1-2H3,(H,28,29,30). The number of nitrogens with zero attached hydrogens (tertiary/aromatic N) is 2. The van der Waals surface area contributed by atoms with Crippen LogP contribution < -0.4 is 9.46 Å². The first-order chi connectivity index (χ1) is 15.5. The van der Waals surface area contributed by atoms with Crippen molar-refractivity contribution in [3.63, 3.8) is 0 Å². The maximum atomic E-state index is 13.0. The second-order valence-electron chi connectivity index (χ2n) is 7.00. The van der Waals surface area contributed by atoms with Gasteiger partial charge in [-0.3, -0.25) is 4.72 Å². The van der Waals surface area contributed by atoms with Crippen LogP contribution in [0.25, 0.3) is 22.0 Å². The quantitative estimate of drug-likeness (QED) is 0.276. The molecule has 0 fully saturated rings. The van der Waals surface area contributed by atoms with Crippen LogP contribution in [-0.4, -0.2) is 28.5 Å². The first-order valence-corrected chi connectivity index (χ1v) is 11.2. The van der Waals surface area contributed by atoms with Crippen LogP contribution in [0.3, 0.4) is 0 Å². The number of hydrogen-bond acceptors (Lipinski definition) is 5. The summed E-state index contributed by atoms with van der Waals surface area (Å²) in [4.78, 5) is 12.9. The highest BCUT2D eigenvalue weighted by atomic mass is 35.5. The van der Waals surface area contributed by atoms with Crippen molar-refractivity contribution in [3.8, 4) is 17.0 Å². The first-order valence-electron chi connectivity index (χ1n) is 10.0. The average molecular weight is 475 g/mol. The Morgan fingerprint density at radius 3 is 2.62 bits per heavy atom. The Morgan fingerprint density at radius 2 is 1.94 bits per heavy atom. The average Bonchev–Trinajstić information content (AvgIpc) is 3.21. The smallest absolute Gasteiger partial charge is 0.242 e. The van der Waals surface area contributed by atoms with E-state index in [4.69, 9.17) is 16.3 Å². The van der Waals surface area contributed by atoms with Crippen molar-refractivity contribution < 1.29 is 13.5 Å². The summed E-state index contributed by atoms with van der Waals surface area (Å²) in [6.45, 7) is 1.86. The summed E-state index contributed by atoms with van der Waals surface area (Å²) in [7, 11) is 1.42. The van der Waals surface area contributed by atoms with Crippen LogP contribution in [0.5, 0.6) is 5.88 Å². The number of aromatic amines is 1. The Labute approximate surface area is 193 Å². The van der Waals surface area contributed by atoms with Crippen molar-refractivity contribution in [3.05, 3.63) is 64.9 Å². The van der Waals surface area contributed by atoms with Gasteiger partial charge in [-0.05, 0) is 30.0 Å². The van der Waals surface area contributed by atoms with E-state index in [0.29, 0.717) is 28.6 Å². The number of aromatic nitrogens is 3. The minimum atomic E-state index is -2.50. The SMILES string of the molecule is CCc1nc(NSc2c[nH]c3c(-c4ccccc4)c(Cl)ccc23)nc(OC)c1CC(F)F. The van der Waals surface area contributed by atoms with E-state index in [1.165, 1.54) is 19.1 Å². The number of alkyl halides is 2. The lowest BCUT2D eigenvalue weighted by atomic mass is 10.0. The van der Waals surface area contributed by atoms with Gasteiger partial charge in [-0.25, -0.2) is 13.8 Å². The van der Waals surface area contributed by atoms with Gasteiger partial charge in [-0.2, -0.15) is 4.98 Å². The van der Waals surface area contributed by atoms with Crippen molar-refractivity contribution in [1.82, 2.24) is 15.0 Å². The normalized spacial score (nSPS) is 11.3. The van der Waals surface area contributed by atoms with Gasteiger partial charge in [0.05, 0.1) is 28.2 Å². The molecule has 0 aliphatic heterocycles. The van der Waals surface area contributed by atoms with Gasteiger partial charge >= 0.3 is 0 Å². The molecule has 0 saturated carbocycles. The van der Waals surface area contributed by atoms with Crippen LogP contribution in [0.4, 0.5) is 14.7 Å². The van der Waals surface area contributed by atoms with Gasteiger partial charge in [0.1, 0.15) is 0 Å². The lowest BCUT2D eigenvalue weighted by molar-refractivity contribution is 0.147. The van der Waals surface area contributed by atoms with E-state index in [1.54, 1.807) is 0 Å². The van der Waals surface area contributed by atoms with Crippen LogP contribution in [0, 0.1) is 0 Å². The van der Waals surface area contributed by atoms with Gasteiger partial charge in [0.2, 0.25) is 18.3 Å². The number of rotatable bonds is 8. The molecule has 2 aromatic heterocycles. The van der Waals surface area contributed by atoms with E-state index < -0.39 is 12.8 Å². The number of halogens is 3. The van der Waals surface area contributed by atoms with Gasteiger partial charge in [0, 0.05) is 29.1 Å². The number of hydrogen-bond donors (Lipinski definition) is 2. The lowest BCUT2D eigenvalue weighted by Gasteiger charge is -2.13. The van der Waals surface area contributed by atoms with Gasteiger partial charge in [-0.15, -0.1) is 0 Å². The third kappa shape index (κ3) is 4.52. The van der Waals surface area contributed by atoms with Crippen molar-refractivity contribution in [2.24, 2.45) is 0 Å². The first kappa shape index (κ1) is 22.4. The van der Waals surface area contributed by atoms with E-state index in [2.05, 4.69) is 19.7 Å². The topological polar surface area (TPSA) is 62.8 Å². The molecule has 4 rings (SSSR count). The molecular formula is C23H21ClF2N4OS. The second kappa shape index (κ2) is 9.75. The molecule has 2 N–H and O–H groups in total. The minimum absolute atomic E-state index is 0.164. The summed E-state index contributed by atoms with van der Waals surface area (Å²) < 4.78 is 34.3. The Kier molecular flexibility index (Phi) is 6.81. The predicted octanol–water partition coefficient (Wildman–Crippen LogP) is 6.78. The van der Waals surface area contributed by atoms with E-state index in [0.717, 1.165) is 26.9 Å². The Hall–Kier alpha value is -2.84. The number of aryl methyl sites for hydroxylation is 1. The maximum Gasteiger partial charge on any atom is 0.242 e. The highest BCUT2D eigenvalue weighted by Gasteiger charge is 2.19. The molecule has 4 aromatic rings. The zero-order valence-corrected chi connectivity index (χ0v) is 19.0. The number of fused-ring (bicyclic) bond motifs is 1. The molecule has 166 valence electrons. The Morgan fingerprint density at radius 1 is 1.16 bits per heavy atom. The minimum Gasteiger partial charge on any atom is -0.481 e. The van der Waals surface area contributed by atoms with Crippen LogP contribution >= 0.6 is 23.5 Å². The molecular weight excluding hydrogens is 454 g/mol. The molecule has 0 aliphatic rings. The van der Waals surface area contributed by atoms with Gasteiger partial charge in [-0.1, -0.05) is 54.9 Å². The molecule has 5 nitrogen and oxygen atoms in total. The number of ether oxygens (including phenoxy) is 1. The molecule has 0 aliphatic carbocycles. The van der Waals surface area contributed by atoms with Crippen LogP contribution in [0.2, 0.25) is 5.02 Å². The van der Waals surface area contributed by atoms with Crippen LogP contribution in [0.15, 0.2) is 53.6 Å². The maximum absolute atomic E-state index is 13.0. The van der Waals surface area contributed by atoms with Gasteiger partial charge in [0.25, 0.3) is 0 Å². The lowest BCUT2D eigenvalue weighted by Crippen LogP contribution is -2.09. The number of anilines is 1. The summed E-state index contributed by atoms with van der Waals surface area (Å²) in [6.07, 6.45) is -0.561. The summed E-state index contributed by atoms with van der Waals surface area (Å²) in [5.41, 5.74) is 3.75. The van der Waals surface area contributed by atoms with Gasteiger partial charge in [0.15, 0.2) is 0 Å². The van der Waals surface area contributed by atoms with Crippen LogP contribution in [0.1, 0.15) is 18.2 Å². The monoisotopic (exact) mass is 474 g/mol. The zero-order chi connectivity index (χ0) is 22.7. The highest BCUT2D eigenvalue weighted by molar-refractivity contribution is 8.00. The second-order valence-corrected chi connectivity index (χ2v) is 8.25. The molecule has 0 bridgehead atoms. The molecule has 32 heavy (non-hydrogen) atoms. The number of benzene rings is 2. The van der Waals surface area contributed by atoms with Crippen molar-refractivity contribution in [2.45, 2.75) is 31.1 Å². The number of H-pyrrole nitrogens is 1. The van der Waals surface area contributed by atoms with E-state index in [9.17, 15) is 8.78 Å². The fraction of sp³-hybridized carbons (Fsp3) is 0.217. The van der Waals surface area contributed by atoms with Crippen molar-refractivity contribution in [2.75, 3.05) is 11.8 Å². The van der Waals surface area contributed by atoms with E-state index in [1.807, 2.05) is 55.6 Å². The number of methoxy groups -OCH3 is 1. The van der Waals surface area contributed by atoms with Gasteiger partial charge < -0.3 is 9.72 Å². The fourth-order valence-electron chi connectivity index (χ4n) is 3.59. The Bertz CT molecular complexity index is 1210. The molecule has 0 atom stereocenters. The highest BCUT2D eigenvalue weighted by Crippen LogP contribution is 2.38. The zero-order valence-electron chi connectivity index (χ0n) is 17.5. The summed E-state index contributed by atoms with van der Waals surface area (Å²) in [6, 6.07) is 13.8. The molecule has 0 radical (unpaired) electrons. The summed E-state index contributed by atoms with van der Waals surface area (Å²) in [5, 5.41) is 1.65. The largest absolute Gasteiger partial charge is 0.481 e. The third-order valence-corrected chi connectivity index (χ3v) is 6.18. The van der Waals surface area contributed by atoms with Crippen molar-refractivity contribution in [1.29, 1.82) is 0 Å². The van der Waals surface area contributed by atoms with Crippen molar-refractivity contribution >= 4 is 40.4 Å². The molecule has 2 aromatic carbocycles. The molecule has 2 heterocycles.